The number of carbonyl (C=O) groups excluding carboxylic acids is 2. The summed E-state index contributed by atoms with van der Waals surface area (Å²) in [5.41, 5.74) is 6.90. The standard InChI is InChI=1S/C12H17ClFNO.C10H11NO2/c1-3-5-10(6-4-2)16-12-11(14)7-9(13)8-15-12;1-6(12)8-3-4-10(11)9(5-8)7(2)13/h7-8,10H,3-6H2,1-2H3;3-5H,11H2,1-2H3. The number of halogens is 2. The third-order valence-corrected chi connectivity index (χ3v) is 4.32. The maximum absolute atomic E-state index is 13.4. The van der Waals surface area contributed by atoms with Crippen LogP contribution in [-0.4, -0.2) is 22.7 Å². The molecule has 0 spiro atoms. The van der Waals surface area contributed by atoms with E-state index in [1.807, 2.05) is 0 Å². The van der Waals surface area contributed by atoms with E-state index in [-0.39, 0.29) is 28.6 Å². The zero-order valence-electron chi connectivity index (χ0n) is 17.3. The molecule has 0 aliphatic carbocycles. The van der Waals surface area contributed by atoms with Crippen LogP contribution in [0.3, 0.4) is 0 Å². The van der Waals surface area contributed by atoms with Crippen LogP contribution in [0.25, 0.3) is 0 Å². The Kier molecular flexibility index (Phi) is 10.3. The first-order chi connectivity index (χ1) is 13.7. The van der Waals surface area contributed by atoms with Crippen molar-refractivity contribution in [3.63, 3.8) is 0 Å². The quantitative estimate of drug-likeness (QED) is 0.423. The van der Waals surface area contributed by atoms with Crippen molar-refractivity contribution < 1.29 is 18.7 Å². The van der Waals surface area contributed by atoms with Gasteiger partial charge in [-0.3, -0.25) is 9.59 Å². The number of Topliss-reactive ketones (excluding diaryl/α,β-unsaturated/α-hetero) is 2. The van der Waals surface area contributed by atoms with Crippen molar-refractivity contribution >= 4 is 28.9 Å². The second kappa shape index (κ2) is 12.2. The normalized spacial score (nSPS) is 10.3. The topological polar surface area (TPSA) is 82.3 Å². The molecule has 1 heterocycles. The molecule has 0 saturated heterocycles. The predicted molar refractivity (Wildman–Crippen MR) is 114 cm³/mol. The number of nitrogens with two attached hydrogens (primary N) is 1. The van der Waals surface area contributed by atoms with Crippen molar-refractivity contribution in [2.24, 2.45) is 0 Å². The molecule has 0 radical (unpaired) electrons. The molecule has 1 aromatic carbocycles. The van der Waals surface area contributed by atoms with Crippen LogP contribution in [0.1, 0.15) is 74.1 Å². The summed E-state index contributed by atoms with van der Waals surface area (Å²) in [5.74, 6) is -0.635. The number of benzene rings is 1. The van der Waals surface area contributed by atoms with E-state index >= 15 is 0 Å². The minimum Gasteiger partial charge on any atom is -0.472 e. The molecule has 7 heteroatoms. The van der Waals surface area contributed by atoms with Gasteiger partial charge in [-0.15, -0.1) is 0 Å². The maximum atomic E-state index is 13.4. The SMILES string of the molecule is CC(=O)c1ccc(N)c(C(C)=O)c1.CCCC(CCC)Oc1ncc(Cl)cc1F. The monoisotopic (exact) mass is 422 g/mol. The number of rotatable bonds is 8. The van der Waals surface area contributed by atoms with Crippen LogP contribution in [0.4, 0.5) is 10.1 Å². The summed E-state index contributed by atoms with van der Waals surface area (Å²) in [6, 6.07) is 5.94. The van der Waals surface area contributed by atoms with Crippen LogP contribution < -0.4 is 10.5 Å². The van der Waals surface area contributed by atoms with Crippen molar-refractivity contribution in [2.75, 3.05) is 5.73 Å². The molecule has 0 amide bonds. The van der Waals surface area contributed by atoms with Crippen LogP contribution in [0.15, 0.2) is 30.5 Å². The van der Waals surface area contributed by atoms with E-state index in [1.165, 1.54) is 32.2 Å². The van der Waals surface area contributed by atoms with Gasteiger partial charge in [0.25, 0.3) is 5.88 Å². The molecule has 1 aromatic heterocycles. The number of hydrogen-bond acceptors (Lipinski definition) is 5. The Hall–Kier alpha value is -2.47. The van der Waals surface area contributed by atoms with Crippen LogP contribution in [0.2, 0.25) is 5.02 Å². The van der Waals surface area contributed by atoms with Crippen LogP contribution in [-0.2, 0) is 0 Å². The van der Waals surface area contributed by atoms with E-state index in [1.54, 1.807) is 12.1 Å². The van der Waals surface area contributed by atoms with Gasteiger partial charge in [-0.05, 0) is 51.0 Å². The first-order valence-electron chi connectivity index (χ1n) is 9.58. The lowest BCUT2D eigenvalue weighted by atomic mass is 10.0. The van der Waals surface area contributed by atoms with Gasteiger partial charge in [0.05, 0.1) is 5.02 Å². The summed E-state index contributed by atoms with van der Waals surface area (Å²) in [6.07, 6.45) is 5.29. The average Bonchev–Trinajstić information content (AvgIpc) is 2.65. The molecular formula is C22H28ClFN2O3. The van der Waals surface area contributed by atoms with Crippen LogP contribution >= 0.6 is 11.6 Å². The molecule has 2 N–H and O–H groups in total. The molecule has 2 rings (SSSR count). The van der Waals surface area contributed by atoms with Gasteiger partial charge >= 0.3 is 0 Å². The summed E-state index contributed by atoms with van der Waals surface area (Å²) in [6.45, 7) is 7.04. The van der Waals surface area contributed by atoms with E-state index in [2.05, 4.69) is 18.8 Å². The lowest BCUT2D eigenvalue weighted by molar-refractivity contribution is 0.101. The molecule has 158 valence electrons. The molecule has 29 heavy (non-hydrogen) atoms. The Labute approximate surface area is 176 Å². The maximum Gasteiger partial charge on any atom is 0.250 e. The van der Waals surface area contributed by atoms with Crippen LogP contribution in [0.5, 0.6) is 5.88 Å². The highest BCUT2D eigenvalue weighted by atomic mass is 35.5. The molecule has 0 bridgehead atoms. The van der Waals surface area contributed by atoms with Gasteiger partial charge in [0.1, 0.15) is 6.10 Å². The third-order valence-electron chi connectivity index (χ3n) is 4.11. The first kappa shape index (κ1) is 24.6. The Bertz CT molecular complexity index is 837. The summed E-state index contributed by atoms with van der Waals surface area (Å²) < 4.78 is 19.0. The van der Waals surface area contributed by atoms with Crippen molar-refractivity contribution in [1.29, 1.82) is 0 Å². The van der Waals surface area contributed by atoms with E-state index in [0.717, 1.165) is 25.7 Å². The van der Waals surface area contributed by atoms with Crippen molar-refractivity contribution in [1.82, 2.24) is 4.98 Å². The number of nitrogen functional groups attached to an aromatic ring is 1. The van der Waals surface area contributed by atoms with Crippen LogP contribution in [0, 0.1) is 5.82 Å². The van der Waals surface area contributed by atoms with Gasteiger partial charge in [0.15, 0.2) is 17.4 Å². The summed E-state index contributed by atoms with van der Waals surface area (Å²) in [5, 5.41) is 0.285. The number of ether oxygens (including phenoxy) is 1. The minimum absolute atomic E-state index is 0.0400. The molecule has 0 saturated carbocycles. The molecular weight excluding hydrogens is 395 g/mol. The average molecular weight is 423 g/mol. The number of carbonyl (C=O) groups is 2. The fourth-order valence-corrected chi connectivity index (χ4v) is 2.78. The molecule has 0 unspecified atom stereocenters. The second-order valence-electron chi connectivity index (χ2n) is 6.67. The van der Waals surface area contributed by atoms with Gasteiger partial charge in [-0.1, -0.05) is 38.3 Å². The largest absolute Gasteiger partial charge is 0.472 e. The molecule has 5 nitrogen and oxygen atoms in total. The molecule has 0 fully saturated rings. The highest BCUT2D eigenvalue weighted by molar-refractivity contribution is 6.30. The fourth-order valence-electron chi connectivity index (χ4n) is 2.63. The van der Waals surface area contributed by atoms with Gasteiger partial charge < -0.3 is 10.5 Å². The Morgan fingerprint density at radius 2 is 1.76 bits per heavy atom. The zero-order valence-corrected chi connectivity index (χ0v) is 18.1. The lowest BCUT2D eigenvalue weighted by Crippen LogP contribution is -2.17. The number of nitrogens with zero attached hydrogens (tertiary/aromatic N) is 1. The van der Waals surface area contributed by atoms with Gasteiger partial charge in [-0.25, -0.2) is 9.37 Å². The predicted octanol–water partition coefficient (Wildman–Crippen LogP) is 5.90. The Morgan fingerprint density at radius 1 is 1.14 bits per heavy atom. The number of pyridine rings is 1. The summed E-state index contributed by atoms with van der Waals surface area (Å²) in [4.78, 5) is 25.9. The van der Waals surface area contributed by atoms with E-state index in [0.29, 0.717) is 16.8 Å². The highest BCUT2D eigenvalue weighted by Gasteiger charge is 2.13. The van der Waals surface area contributed by atoms with Gasteiger partial charge in [0, 0.05) is 23.0 Å². The molecule has 0 atom stereocenters. The lowest BCUT2D eigenvalue weighted by Gasteiger charge is -2.17. The summed E-state index contributed by atoms with van der Waals surface area (Å²) >= 11 is 5.62. The molecule has 0 aliphatic heterocycles. The Morgan fingerprint density at radius 3 is 2.24 bits per heavy atom. The van der Waals surface area contributed by atoms with E-state index < -0.39 is 5.82 Å². The minimum atomic E-state index is -0.496. The zero-order chi connectivity index (χ0) is 22.0. The Balaban J connectivity index is 0.000000296. The van der Waals surface area contributed by atoms with Crippen molar-refractivity contribution in [2.45, 2.75) is 59.5 Å². The number of anilines is 1. The van der Waals surface area contributed by atoms with Gasteiger partial charge in [0.2, 0.25) is 0 Å². The molecule has 2 aromatic rings. The van der Waals surface area contributed by atoms with Gasteiger partial charge in [-0.2, -0.15) is 0 Å². The first-order valence-corrected chi connectivity index (χ1v) is 9.96. The highest BCUT2D eigenvalue weighted by Crippen LogP contribution is 2.21. The number of hydrogen-bond donors (Lipinski definition) is 1. The third kappa shape index (κ3) is 8.20. The summed E-state index contributed by atoms with van der Waals surface area (Å²) in [7, 11) is 0. The number of aromatic nitrogens is 1. The molecule has 0 aliphatic rings. The number of ketones is 2. The van der Waals surface area contributed by atoms with E-state index in [4.69, 9.17) is 22.1 Å². The second-order valence-corrected chi connectivity index (χ2v) is 7.11. The van der Waals surface area contributed by atoms with Crippen molar-refractivity contribution in [3.05, 3.63) is 52.4 Å². The van der Waals surface area contributed by atoms with E-state index in [9.17, 15) is 14.0 Å². The smallest absolute Gasteiger partial charge is 0.250 e. The van der Waals surface area contributed by atoms with Crippen molar-refractivity contribution in [3.8, 4) is 5.88 Å². The fraction of sp³-hybridized carbons (Fsp3) is 0.409.